The van der Waals surface area contributed by atoms with Crippen LogP contribution in [0.4, 0.5) is 0 Å². The fraction of sp³-hybridized carbons (Fsp3) is 0. The molecule has 0 aliphatic carbocycles. The standard InChI is InChI=1S/C60H42B5N7/c61-50-49(51(62)53(64)54(65)52(50)63)60-70-57(35-20-8-3-9-21-35)69-59(71-60)45-30-36(58-67-55(33-16-4-1-5-17-33)66-56(68-58)34-18-6-2-7-19-34)28-29-47(45)72-46-27-15-14-26-41(46)44-31-42-39-24-12-10-22-37(39)38-23-11-13-25-40(38)43(42)32-48(44)72/h1-32H,61-65H2. The SMILES string of the molecule is Bc1c(B)c(B)c(-c2nc(-c3ccccc3)nc(-c3cc(-c4nc(-c5ccccc5)nc(-c5ccccc5)n4)ccc3-n3c4ccccc4c4cc5c6ccccc6c6ccccc6c5cc43)n2)c(B)c1B. The van der Waals surface area contributed by atoms with Crippen molar-refractivity contribution >= 4 is 121 Å². The van der Waals surface area contributed by atoms with Gasteiger partial charge < -0.3 is 4.57 Å². The molecule has 0 atom stereocenters. The summed E-state index contributed by atoms with van der Waals surface area (Å²) in [5, 5.41) is 9.64. The van der Waals surface area contributed by atoms with Gasteiger partial charge in [0.25, 0.3) is 0 Å². The summed E-state index contributed by atoms with van der Waals surface area (Å²) < 4.78 is 2.40. The van der Waals surface area contributed by atoms with Crippen LogP contribution in [-0.4, -0.2) is 73.7 Å². The summed E-state index contributed by atoms with van der Waals surface area (Å²) in [6, 6.07) is 68.0. The van der Waals surface area contributed by atoms with Crippen molar-refractivity contribution in [3.05, 3.63) is 194 Å². The molecule has 3 heterocycles. The highest BCUT2D eigenvalue weighted by Crippen LogP contribution is 2.43. The first-order valence-electron chi connectivity index (χ1n) is 24.5. The molecule has 0 aliphatic heterocycles. The van der Waals surface area contributed by atoms with E-state index < -0.39 is 0 Å². The van der Waals surface area contributed by atoms with Gasteiger partial charge in [-0.2, -0.15) is 0 Å². The second-order valence-corrected chi connectivity index (χ2v) is 18.8. The van der Waals surface area contributed by atoms with Gasteiger partial charge in [-0.05, 0) is 68.7 Å². The Hall–Kier alpha value is -8.88. The maximum absolute atomic E-state index is 5.56. The molecule has 0 unspecified atom stereocenters. The normalized spacial score (nSPS) is 11.6. The lowest BCUT2D eigenvalue weighted by Gasteiger charge is -2.20. The Kier molecular flexibility index (Phi) is 10.3. The molecule has 0 amide bonds. The number of fused-ring (bicyclic) bond motifs is 9. The van der Waals surface area contributed by atoms with Crippen LogP contribution in [0, 0.1) is 0 Å². The molecule has 0 spiro atoms. The van der Waals surface area contributed by atoms with Crippen LogP contribution in [0.15, 0.2) is 194 Å². The largest absolute Gasteiger partial charge is 0.308 e. The number of rotatable bonds is 7. The third-order valence-electron chi connectivity index (χ3n) is 14.9. The summed E-state index contributed by atoms with van der Waals surface area (Å²) in [6.45, 7) is 0. The first-order valence-corrected chi connectivity index (χ1v) is 24.5. The van der Waals surface area contributed by atoms with Gasteiger partial charge in [-0.1, -0.05) is 169 Å². The van der Waals surface area contributed by atoms with Crippen molar-refractivity contribution in [2.75, 3.05) is 0 Å². The van der Waals surface area contributed by atoms with Crippen LogP contribution in [-0.2, 0) is 0 Å². The second kappa shape index (κ2) is 17.2. The van der Waals surface area contributed by atoms with Crippen molar-refractivity contribution in [1.29, 1.82) is 0 Å². The predicted molar refractivity (Wildman–Crippen MR) is 314 cm³/mol. The molecule has 0 N–H and O–H groups in total. The van der Waals surface area contributed by atoms with E-state index in [0.29, 0.717) is 34.9 Å². The first-order chi connectivity index (χ1) is 35.3. The average Bonchev–Trinajstić information content (AvgIpc) is 3.77. The van der Waals surface area contributed by atoms with Crippen LogP contribution < -0.4 is 27.3 Å². The lowest BCUT2D eigenvalue weighted by atomic mass is 9.60. The predicted octanol–water partition coefficient (Wildman–Crippen LogP) is 5.91. The Morgan fingerprint density at radius 1 is 0.264 bits per heavy atom. The van der Waals surface area contributed by atoms with Gasteiger partial charge in [0.05, 0.1) is 16.7 Å². The topological polar surface area (TPSA) is 82.3 Å². The molecule has 332 valence electrons. The Balaban J connectivity index is 1.15. The monoisotopic (exact) mass is 915 g/mol. The van der Waals surface area contributed by atoms with E-state index in [1.807, 2.05) is 78.9 Å². The number of hydrogen-bond donors (Lipinski definition) is 0. The highest BCUT2D eigenvalue weighted by Gasteiger charge is 2.24. The first kappa shape index (κ1) is 43.2. The van der Waals surface area contributed by atoms with Crippen LogP contribution in [0.5, 0.6) is 0 Å². The molecule has 3 aromatic heterocycles. The molecule has 0 saturated heterocycles. The third kappa shape index (κ3) is 7.04. The summed E-state index contributed by atoms with van der Waals surface area (Å²) in [7, 11) is 11.0. The smallest absolute Gasteiger partial charge is 0.166 e. The lowest BCUT2D eigenvalue weighted by Crippen LogP contribution is -2.55. The van der Waals surface area contributed by atoms with Gasteiger partial charge in [0.2, 0.25) is 0 Å². The quantitative estimate of drug-likeness (QED) is 0.146. The summed E-state index contributed by atoms with van der Waals surface area (Å²) >= 11 is 0. The molecule has 10 aromatic carbocycles. The Bertz CT molecular complexity index is 4250. The number of hydrogen-bond acceptors (Lipinski definition) is 6. The summed E-state index contributed by atoms with van der Waals surface area (Å²) in [6.07, 6.45) is 0. The van der Waals surface area contributed by atoms with E-state index in [4.69, 9.17) is 29.9 Å². The zero-order chi connectivity index (χ0) is 48.6. The van der Waals surface area contributed by atoms with Crippen molar-refractivity contribution in [1.82, 2.24) is 34.5 Å². The van der Waals surface area contributed by atoms with Crippen LogP contribution in [0.3, 0.4) is 0 Å². The molecule has 7 nitrogen and oxygen atoms in total. The average molecular weight is 915 g/mol. The fourth-order valence-electron chi connectivity index (χ4n) is 10.8. The molecular weight excluding hydrogens is 873 g/mol. The van der Waals surface area contributed by atoms with Crippen LogP contribution in [0.1, 0.15) is 0 Å². The van der Waals surface area contributed by atoms with Gasteiger partial charge in [0, 0.05) is 44.2 Å². The number of para-hydroxylation sites is 1. The highest BCUT2D eigenvalue weighted by atomic mass is 15.1. The van der Waals surface area contributed by atoms with Gasteiger partial charge >= 0.3 is 0 Å². The van der Waals surface area contributed by atoms with E-state index in [0.717, 1.165) is 71.8 Å². The Morgan fingerprint density at radius 3 is 1.18 bits per heavy atom. The summed E-state index contributed by atoms with van der Waals surface area (Å²) in [4.78, 5) is 31.8. The van der Waals surface area contributed by atoms with Crippen molar-refractivity contribution < 1.29 is 0 Å². The lowest BCUT2D eigenvalue weighted by molar-refractivity contribution is 1.06. The number of benzene rings is 10. The van der Waals surface area contributed by atoms with Crippen molar-refractivity contribution in [2.45, 2.75) is 0 Å². The maximum Gasteiger partial charge on any atom is 0.166 e. The van der Waals surface area contributed by atoms with Crippen LogP contribution in [0.25, 0.3) is 128 Å². The van der Waals surface area contributed by atoms with Gasteiger partial charge in [-0.15, -0.1) is 16.4 Å². The van der Waals surface area contributed by atoms with Gasteiger partial charge in [-0.25, -0.2) is 29.9 Å². The molecule has 12 heteroatoms. The molecule has 0 bridgehead atoms. The zero-order valence-electron chi connectivity index (χ0n) is 40.6. The molecule has 0 saturated carbocycles. The van der Waals surface area contributed by atoms with Crippen LogP contribution in [0.2, 0.25) is 0 Å². The fourth-order valence-corrected chi connectivity index (χ4v) is 10.8. The number of aromatic nitrogens is 7. The van der Waals surface area contributed by atoms with Crippen molar-refractivity contribution in [2.24, 2.45) is 0 Å². The molecule has 0 fully saturated rings. The zero-order valence-corrected chi connectivity index (χ0v) is 40.6. The van der Waals surface area contributed by atoms with Crippen molar-refractivity contribution in [3.8, 4) is 74.0 Å². The maximum atomic E-state index is 5.56. The van der Waals surface area contributed by atoms with Crippen LogP contribution >= 0.6 is 0 Å². The van der Waals surface area contributed by atoms with Gasteiger partial charge in [0.1, 0.15) is 39.2 Å². The van der Waals surface area contributed by atoms with Gasteiger partial charge in [-0.3, -0.25) is 0 Å². The van der Waals surface area contributed by atoms with E-state index >= 15 is 0 Å². The second-order valence-electron chi connectivity index (χ2n) is 18.8. The summed E-state index contributed by atoms with van der Waals surface area (Å²) in [5.41, 5.74) is 14.4. The van der Waals surface area contributed by atoms with Crippen molar-refractivity contribution in [3.63, 3.8) is 0 Å². The molecule has 13 aromatic rings. The van der Waals surface area contributed by atoms with E-state index in [9.17, 15) is 0 Å². The van der Waals surface area contributed by atoms with E-state index in [1.165, 1.54) is 48.7 Å². The molecular formula is C60H42B5N7. The number of nitrogens with zero attached hydrogens (tertiary/aromatic N) is 7. The van der Waals surface area contributed by atoms with E-state index in [1.54, 1.807) is 0 Å². The van der Waals surface area contributed by atoms with E-state index in [-0.39, 0.29) is 0 Å². The molecule has 13 rings (SSSR count). The molecule has 0 aliphatic rings. The molecule has 0 radical (unpaired) electrons. The van der Waals surface area contributed by atoms with E-state index in [2.05, 4.69) is 159 Å². The highest BCUT2D eigenvalue weighted by molar-refractivity contribution is 6.68. The van der Waals surface area contributed by atoms with Gasteiger partial charge in [0.15, 0.2) is 34.9 Å². The third-order valence-corrected chi connectivity index (χ3v) is 14.9. The molecule has 72 heavy (non-hydrogen) atoms. The Morgan fingerprint density at radius 2 is 0.653 bits per heavy atom. The minimum Gasteiger partial charge on any atom is -0.308 e. The Labute approximate surface area is 421 Å². The summed E-state index contributed by atoms with van der Waals surface area (Å²) in [5.74, 6) is 3.46. The minimum atomic E-state index is 0.536. The minimum absolute atomic E-state index is 0.536.